The molecular weight excluding hydrogens is 483 g/mol. The highest BCUT2D eigenvalue weighted by Gasteiger charge is 2.26. The summed E-state index contributed by atoms with van der Waals surface area (Å²) in [4.78, 5) is 38.3. The molecule has 0 bridgehead atoms. The fraction of sp³-hybridized carbons (Fsp3) is 0.125. The van der Waals surface area contributed by atoms with Crippen molar-refractivity contribution in [2.45, 2.75) is 13.8 Å². The van der Waals surface area contributed by atoms with E-state index in [1.54, 1.807) is 56.3 Å². The Morgan fingerprint density at radius 3 is 2.45 bits per heavy atom. The molecule has 9 heteroatoms. The lowest BCUT2D eigenvalue weighted by Crippen LogP contribution is -2.13. The molecule has 0 radical (unpaired) electrons. The van der Waals surface area contributed by atoms with Crippen molar-refractivity contribution < 1.29 is 19.1 Å². The number of benzene rings is 2. The highest BCUT2D eigenvalue weighted by molar-refractivity contribution is 7.19. The smallest absolute Gasteiger partial charge is 0.341 e. The zero-order chi connectivity index (χ0) is 24.0. The topological polar surface area (TPSA) is 84.5 Å². The van der Waals surface area contributed by atoms with Crippen LogP contribution in [0, 0.1) is 6.92 Å². The van der Waals surface area contributed by atoms with Crippen molar-refractivity contribution in [2.75, 3.05) is 17.2 Å². The highest BCUT2D eigenvalue weighted by atomic mass is 35.5. The van der Waals surface area contributed by atoms with Crippen molar-refractivity contribution in [1.29, 1.82) is 0 Å². The van der Waals surface area contributed by atoms with E-state index in [0.29, 0.717) is 31.7 Å². The fourth-order valence-electron chi connectivity index (χ4n) is 2.93. The molecule has 3 aromatic rings. The van der Waals surface area contributed by atoms with Gasteiger partial charge in [0.2, 0.25) is 5.91 Å². The molecule has 0 saturated carbocycles. The number of amides is 2. The van der Waals surface area contributed by atoms with Crippen LogP contribution in [0.3, 0.4) is 0 Å². The number of rotatable bonds is 7. The fourth-order valence-corrected chi connectivity index (χ4v) is 4.50. The second-order valence-electron chi connectivity index (χ2n) is 6.79. The molecule has 170 valence electrons. The molecule has 0 spiro atoms. The van der Waals surface area contributed by atoms with E-state index in [4.69, 9.17) is 27.9 Å². The summed E-state index contributed by atoms with van der Waals surface area (Å²) in [5, 5.41) is 6.56. The molecule has 0 fully saturated rings. The van der Waals surface area contributed by atoms with Gasteiger partial charge in [-0.2, -0.15) is 0 Å². The van der Waals surface area contributed by atoms with E-state index in [1.807, 2.05) is 6.07 Å². The monoisotopic (exact) mass is 502 g/mol. The number of carbonyl (C=O) groups excluding carboxylic acids is 3. The Balaban J connectivity index is 1.87. The maximum absolute atomic E-state index is 12.8. The van der Waals surface area contributed by atoms with Gasteiger partial charge in [-0.05, 0) is 55.3 Å². The minimum absolute atomic E-state index is 0.145. The van der Waals surface area contributed by atoms with Gasteiger partial charge in [-0.3, -0.25) is 9.59 Å². The lowest BCUT2D eigenvalue weighted by Gasteiger charge is -2.06. The third-order valence-corrected chi connectivity index (χ3v) is 6.25. The molecule has 0 aliphatic heterocycles. The number of ether oxygens (including phenoxy) is 1. The molecule has 2 N–H and O–H groups in total. The Morgan fingerprint density at radius 2 is 1.79 bits per heavy atom. The Bertz CT molecular complexity index is 1220. The molecular formula is C24H20Cl2N2O4S. The molecule has 0 aliphatic rings. The Kier molecular flexibility index (Phi) is 8.27. The molecule has 2 amide bonds. The van der Waals surface area contributed by atoms with E-state index in [0.717, 1.165) is 11.3 Å². The first-order chi connectivity index (χ1) is 15.8. The second kappa shape index (κ2) is 11.1. The number of thiophene rings is 1. The lowest BCUT2D eigenvalue weighted by molar-refractivity contribution is -0.111. The minimum Gasteiger partial charge on any atom is -0.462 e. The van der Waals surface area contributed by atoms with Crippen LogP contribution < -0.4 is 10.6 Å². The summed E-state index contributed by atoms with van der Waals surface area (Å²) in [7, 11) is 0. The maximum atomic E-state index is 12.8. The summed E-state index contributed by atoms with van der Waals surface area (Å²) < 4.78 is 5.14. The van der Waals surface area contributed by atoms with Crippen molar-refractivity contribution >= 4 is 69.1 Å². The number of carbonyl (C=O) groups is 3. The van der Waals surface area contributed by atoms with Crippen LogP contribution in [0.25, 0.3) is 6.08 Å². The summed E-state index contributed by atoms with van der Waals surface area (Å²) in [5.41, 5.74) is 1.78. The predicted molar refractivity (Wildman–Crippen MR) is 134 cm³/mol. The maximum Gasteiger partial charge on any atom is 0.341 e. The van der Waals surface area contributed by atoms with Gasteiger partial charge >= 0.3 is 5.97 Å². The van der Waals surface area contributed by atoms with E-state index in [1.165, 1.54) is 12.2 Å². The summed E-state index contributed by atoms with van der Waals surface area (Å²) >= 11 is 13.0. The van der Waals surface area contributed by atoms with Crippen molar-refractivity contribution in [3.63, 3.8) is 0 Å². The predicted octanol–water partition coefficient (Wildman–Crippen LogP) is 6.44. The first-order valence-electron chi connectivity index (χ1n) is 9.91. The number of hydrogen-bond donors (Lipinski definition) is 2. The molecule has 2 aromatic carbocycles. The van der Waals surface area contributed by atoms with Crippen LogP contribution >= 0.6 is 34.5 Å². The molecule has 33 heavy (non-hydrogen) atoms. The standard InChI is InChI=1S/C24H20Cl2N2O4S/c1-3-32-24(31)20-14(2)21(22(30)27-17-7-5-4-6-8-17)33-23(20)28-19(29)12-10-15-9-11-16(25)13-18(15)26/h4-13H,3H2,1-2H3,(H,27,30)(H,28,29)/b12-10+. The largest absolute Gasteiger partial charge is 0.462 e. The van der Waals surface area contributed by atoms with Gasteiger partial charge in [-0.25, -0.2) is 4.79 Å². The second-order valence-corrected chi connectivity index (χ2v) is 8.65. The highest BCUT2D eigenvalue weighted by Crippen LogP contribution is 2.34. The normalized spacial score (nSPS) is 10.8. The summed E-state index contributed by atoms with van der Waals surface area (Å²) in [6, 6.07) is 13.8. The quantitative estimate of drug-likeness (QED) is 0.287. The van der Waals surface area contributed by atoms with Crippen LogP contribution in [-0.2, 0) is 9.53 Å². The number of halogens is 2. The Morgan fingerprint density at radius 1 is 1.06 bits per heavy atom. The van der Waals surface area contributed by atoms with Gasteiger partial charge in [0.25, 0.3) is 5.91 Å². The van der Waals surface area contributed by atoms with Crippen molar-refractivity contribution in [2.24, 2.45) is 0 Å². The number of esters is 1. The van der Waals surface area contributed by atoms with Crippen molar-refractivity contribution in [3.8, 4) is 0 Å². The molecule has 3 rings (SSSR count). The number of nitrogens with one attached hydrogen (secondary N) is 2. The van der Waals surface area contributed by atoms with Crippen LogP contribution in [0.1, 0.15) is 38.1 Å². The van der Waals surface area contributed by atoms with Crippen LogP contribution in [0.15, 0.2) is 54.6 Å². The molecule has 6 nitrogen and oxygen atoms in total. The Labute approximate surface area is 205 Å². The van der Waals surface area contributed by atoms with Crippen molar-refractivity contribution in [1.82, 2.24) is 0 Å². The third-order valence-electron chi connectivity index (χ3n) is 4.48. The molecule has 0 atom stereocenters. The van der Waals surface area contributed by atoms with Crippen LogP contribution in [-0.4, -0.2) is 24.4 Å². The van der Waals surface area contributed by atoms with Gasteiger partial charge in [0.1, 0.15) is 5.00 Å². The van der Waals surface area contributed by atoms with Gasteiger partial charge < -0.3 is 15.4 Å². The van der Waals surface area contributed by atoms with Gasteiger partial charge in [-0.15, -0.1) is 11.3 Å². The zero-order valence-corrected chi connectivity index (χ0v) is 20.1. The van der Waals surface area contributed by atoms with Gasteiger partial charge in [0.15, 0.2) is 0 Å². The van der Waals surface area contributed by atoms with Crippen LogP contribution in [0.2, 0.25) is 10.0 Å². The van der Waals surface area contributed by atoms with Crippen LogP contribution in [0.4, 0.5) is 10.7 Å². The molecule has 1 heterocycles. The molecule has 0 aliphatic carbocycles. The first-order valence-corrected chi connectivity index (χ1v) is 11.5. The van der Waals surface area contributed by atoms with E-state index < -0.39 is 17.8 Å². The molecule has 0 saturated heterocycles. The Hall–Kier alpha value is -3.13. The van der Waals surface area contributed by atoms with Gasteiger partial charge in [-0.1, -0.05) is 47.5 Å². The SMILES string of the molecule is CCOC(=O)c1c(NC(=O)/C=C/c2ccc(Cl)cc2Cl)sc(C(=O)Nc2ccccc2)c1C. The number of anilines is 2. The summed E-state index contributed by atoms with van der Waals surface area (Å²) in [5.74, 6) is -1.51. The van der Waals surface area contributed by atoms with Gasteiger partial charge in [0, 0.05) is 21.8 Å². The number of hydrogen-bond acceptors (Lipinski definition) is 5. The van der Waals surface area contributed by atoms with E-state index in [-0.39, 0.29) is 17.2 Å². The number of para-hydroxylation sites is 1. The van der Waals surface area contributed by atoms with E-state index >= 15 is 0 Å². The van der Waals surface area contributed by atoms with E-state index in [9.17, 15) is 14.4 Å². The lowest BCUT2D eigenvalue weighted by atomic mass is 10.1. The average Bonchev–Trinajstić information content (AvgIpc) is 3.09. The van der Waals surface area contributed by atoms with Gasteiger partial charge in [0.05, 0.1) is 17.0 Å². The van der Waals surface area contributed by atoms with Crippen molar-refractivity contribution in [3.05, 3.63) is 86.2 Å². The zero-order valence-electron chi connectivity index (χ0n) is 17.8. The van der Waals surface area contributed by atoms with E-state index in [2.05, 4.69) is 10.6 Å². The van der Waals surface area contributed by atoms with Crippen LogP contribution in [0.5, 0.6) is 0 Å². The average molecular weight is 503 g/mol. The summed E-state index contributed by atoms with van der Waals surface area (Å²) in [6.07, 6.45) is 2.81. The minimum atomic E-state index is -0.620. The first kappa shape index (κ1) is 24.5. The molecule has 0 unspecified atom stereocenters. The third kappa shape index (κ3) is 6.22. The molecule has 1 aromatic heterocycles. The summed E-state index contributed by atoms with van der Waals surface area (Å²) in [6.45, 7) is 3.48.